The normalized spacial score (nSPS) is 15.1. The third-order valence-corrected chi connectivity index (χ3v) is 5.35. The minimum atomic E-state index is -0.235. The van der Waals surface area contributed by atoms with Crippen LogP contribution in [0.3, 0.4) is 0 Å². The zero-order valence-corrected chi connectivity index (χ0v) is 15.0. The van der Waals surface area contributed by atoms with Gasteiger partial charge in [-0.1, -0.05) is 19.3 Å². The lowest BCUT2D eigenvalue weighted by atomic mass is 9.95. The molecular weight excluding hydrogens is 350 g/mol. The van der Waals surface area contributed by atoms with Crippen molar-refractivity contribution < 1.29 is 4.79 Å². The number of thiazole rings is 1. The molecule has 1 fully saturated rings. The number of hydrogen-bond donors (Lipinski definition) is 1. The maximum Gasteiger partial charge on any atom is 0.271 e. The van der Waals surface area contributed by atoms with Crippen LogP contribution in [0.15, 0.2) is 30.2 Å². The smallest absolute Gasteiger partial charge is 0.271 e. The first-order valence-electron chi connectivity index (χ1n) is 8.71. The molecule has 0 saturated heterocycles. The van der Waals surface area contributed by atoms with Crippen molar-refractivity contribution in [1.29, 1.82) is 0 Å². The molecule has 3 aromatic rings. The summed E-state index contributed by atoms with van der Waals surface area (Å²) in [5, 5.41) is 13.4. The second kappa shape index (κ2) is 7.69. The van der Waals surface area contributed by atoms with Crippen molar-refractivity contribution in [2.24, 2.45) is 0 Å². The predicted octanol–water partition coefficient (Wildman–Crippen LogP) is 2.63. The average Bonchev–Trinajstić information content (AvgIpc) is 3.37. The highest BCUT2D eigenvalue weighted by Crippen LogP contribution is 2.28. The first-order chi connectivity index (χ1) is 12.8. The number of aromatic nitrogens is 6. The first kappa shape index (κ1) is 16.8. The third kappa shape index (κ3) is 3.62. The summed E-state index contributed by atoms with van der Waals surface area (Å²) in [7, 11) is 0. The summed E-state index contributed by atoms with van der Waals surface area (Å²) in [5.74, 6) is 1.07. The van der Waals surface area contributed by atoms with Gasteiger partial charge < -0.3 is 9.88 Å². The van der Waals surface area contributed by atoms with E-state index in [0.29, 0.717) is 29.1 Å². The fourth-order valence-electron chi connectivity index (χ4n) is 3.20. The van der Waals surface area contributed by atoms with Gasteiger partial charge in [0.2, 0.25) is 0 Å². The zero-order chi connectivity index (χ0) is 17.8. The minimum Gasteiger partial charge on any atom is -0.343 e. The van der Waals surface area contributed by atoms with Gasteiger partial charge >= 0.3 is 0 Å². The van der Waals surface area contributed by atoms with Gasteiger partial charge in [-0.15, -0.1) is 21.5 Å². The van der Waals surface area contributed by atoms with Crippen molar-refractivity contribution in [3.63, 3.8) is 0 Å². The number of hydrogen-bond acceptors (Lipinski definition) is 7. The second-order valence-corrected chi connectivity index (χ2v) is 7.10. The van der Waals surface area contributed by atoms with Gasteiger partial charge in [-0.3, -0.25) is 4.79 Å². The summed E-state index contributed by atoms with van der Waals surface area (Å²) in [6.45, 7) is 0.337. The van der Waals surface area contributed by atoms with Crippen LogP contribution >= 0.6 is 11.3 Å². The van der Waals surface area contributed by atoms with Crippen molar-refractivity contribution >= 4 is 17.2 Å². The Morgan fingerprint density at radius 3 is 2.85 bits per heavy atom. The average molecular weight is 369 g/mol. The lowest BCUT2D eigenvalue weighted by Gasteiger charge is -2.23. The van der Waals surface area contributed by atoms with E-state index in [1.54, 1.807) is 30.2 Å². The van der Waals surface area contributed by atoms with Gasteiger partial charge in [0.15, 0.2) is 16.7 Å². The van der Waals surface area contributed by atoms with Crippen LogP contribution < -0.4 is 5.32 Å². The summed E-state index contributed by atoms with van der Waals surface area (Å²) in [6, 6.07) is 2.18. The molecule has 4 rings (SSSR count). The fraction of sp³-hybridized carbons (Fsp3) is 0.412. The van der Waals surface area contributed by atoms with E-state index < -0.39 is 0 Å². The van der Waals surface area contributed by atoms with Crippen LogP contribution in [0.25, 0.3) is 10.8 Å². The van der Waals surface area contributed by atoms with Gasteiger partial charge in [0.25, 0.3) is 5.91 Å². The molecule has 0 bridgehead atoms. The molecule has 0 spiro atoms. The lowest BCUT2D eigenvalue weighted by molar-refractivity contribution is 0.0945. The van der Waals surface area contributed by atoms with Gasteiger partial charge in [0.05, 0.1) is 6.54 Å². The third-order valence-electron chi connectivity index (χ3n) is 4.52. The van der Waals surface area contributed by atoms with Gasteiger partial charge in [0.1, 0.15) is 12.0 Å². The van der Waals surface area contributed by atoms with E-state index in [0.717, 1.165) is 18.7 Å². The highest BCUT2D eigenvalue weighted by atomic mass is 32.1. The zero-order valence-electron chi connectivity index (χ0n) is 14.2. The van der Waals surface area contributed by atoms with E-state index in [4.69, 9.17) is 0 Å². The van der Waals surface area contributed by atoms with Crippen LogP contribution in [-0.2, 0) is 6.54 Å². The Balaban J connectivity index is 1.40. The molecule has 26 heavy (non-hydrogen) atoms. The molecule has 0 radical (unpaired) electrons. The Morgan fingerprint density at radius 2 is 2.04 bits per heavy atom. The molecule has 134 valence electrons. The second-order valence-electron chi connectivity index (χ2n) is 6.24. The number of carbonyl (C=O) groups excluding carboxylic acids is 1. The quantitative estimate of drug-likeness (QED) is 0.742. The maximum absolute atomic E-state index is 12.4. The molecule has 1 aliphatic rings. The number of carbonyl (C=O) groups is 1. The Morgan fingerprint density at radius 1 is 1.23 bits per heavy atom. The summed E-state index contributed by atoms with van der Waals surface area (Å²) < 4.78 is 2.10. The van der Waals surface area contributed by atoms with Crippen molar-refractivity contribution in [3.05, 3.63) is 41.7 Å². The van der Waals surface area contributed by atoms with Gasteiger partial charge in [0, 0.05) is 23.8 Å². The molecule has 0 aromatic carbocycles. The van der Waals surface area contributed by atoms with E-state index in [-0.39, 0.29) is 5.91 Å². The number of rotatable bonds is 5. The van der Waals surface area contributed by atoms with E-state index in [1.807, 2.05) is 0 Å². The highest BCUT2D eigenvalue weighted by Gasteiger charge is 2.19. The molecule has 1 aliphatic carbocycles. The predicted molar refractivity (Wildman–Crippen MR) is 96.5 cm³/mol. The molecule has 0 unspecified atom stereocenters. The van der Waals surface area contributed by atoms with Gasteiger partial charge in [-0.2, -0.15) is 0 Å². The van der Waals surface area contributed by atoms with Crippen molar-refractivity contribution in [2.45, 2.75) is 44.7 Å². The molecule has 1 N–H and O–H groups in total. The summed E-state index contributed by atoms with van der Waals surface area (Å²) in [5.41, 5.74) is 0.362. The molecule has 0 atom stereocenters. The summed E-state index contributed by atoms with van der Waals surface area (Å²) in [6.07, 6.45) is 11.1. The highest BCUT2D eigenvalue weighted by molar-refractivity contribution is 7.13. The molecule has 1 saturated carbocycles. The van der Waals surface area contributed by atoms with Crippen LogP contribution in [0, 0.1) is 0 Å². The fourth-order valence-corrected chi connectivity index (χ4v) is 3.94. The van der Waals surface area contributed by atoms with Crippen LogP contribution in [0.1, 0.15) is 54.5 Å². The summed E-state index contributed by atoms with van der Waals surface area (Å²) in [4.78, 5) is 25.0. The Labute approximate surface area is 154 Å². The SMILES string of the molecule is O=C(NCc1nncn1C1CCCCC1)c1csc(-c2ncccn2)n1. The Bertz CT molecular complexity index is 870. The van der Waals surface area contributed by atoms with Crippen LogP contribution in [0.2, 0.25) is 0 Å². The lowest BCUT2D eigenvalue weighted by Crippen LogP contribution is -2.26. The monoisotopic (exact) mass is 369 g/mol. The molecule has 3 aromatic heterocycles. The number of nitrogens with zero attached hydrogens (tertiary/aromatic N) is 6. The van der Waals surface area contributed by atoms with Crippen LogP contribution in [0.4, 0.5) is 0 Å². The molecule has 9 heteroatoms. The molecule has 1 amide bonds. The molecule has 3 heterocycles. The number of amides is 1. The Hall–Kier alpha value is -2.68. The van der Waals surface area contributed by atoms with Crippen molar-refractivity contribution in [3.8, 4) is 10.8 Å². The Kier molecular flexibility index (Phi) is 4.96. The number of nitrogens with one attached hydrogen (secondary N) is 1. The van der Waals surface area contributed by atoms with Gasteiger partial charge in [-0.05, 0) is 18.9 Å². The summed E-state index contributed by atoms with van der Waals surface area (Å²) >= 11 is 1.35. The molecular formula is C17H19N7OS. The van der Waals surface area contributed by atoms with E-state index in [9.17, 15) is 4.79 Å². The molecule has 8 nitrogen and oxygen atoms in total. The van der Waals surface area contributed by atoms with Crippen molar-refractivity contribution in [1.82, 2.24) is 35.0 Å². The minimum absolute atomic E-state index is 0.235. The van der Waals surface area contributed by atoms with Gasteiger partial charge in [-0.25, -0.2) is 15.0 Å². The first-order valence-corrected chi connectivity index (χ1v) is 9.59. The van der Waals surface area contributed by atoms with E-state index in [1.165, 1.54) is 30.6 Å². The standard InChI is InChI=1S/C17H19N7OS/c25-16(13-10-26-17(22-13)15-18-7-4-8-19-15)20-9-14-23-21-11-24(14)12-5-2-1-3-6-12/h4,7-8,10-12H,1-3,5-6,9H2,(H,20,25). The van der Waals surface area contributed by atoms with Crippen LogP contribution in [-0.4, -0.2) is 35.6 Å². The largest absolute Gasteiger partial charge is 0.343 e. The van der Waals surface area contributed by atoms with E-state index >= 15 is 0 Å². The maximum atomic E-state index is 12.4. The van der Waals surface area contributed by atoms with E-state index in [2.05, 4.69) is 35.0 Å². The topological polar surface area (TPSA) is 98.5 Å². The van der Waals surface area contributed by atoms with Crippen LogP contribution in [0.5, 0.6) is 0 Å². The van der Waals surface area contributed by atoms with Crippen molar-refractivity contribution in [2.75, 3.05) is 0 Å². The molecule has 0 aliphatic heterocycles.